The van der Waals surface area contributed by atoms with Gasteiger partial charge in [-0.05, 0) is 31.7 Å². The summed E-state index contributed by atoms with van der Waals surface area (Å²) < 4.78 is 48.6. The molecule has 8 nitrogen and oxygen atoms in total. The number of halogens is 3. The molecular formula is C23H31F3N4O4S. The number of carbonyl (C=O) groups is 1. The molecule has 1 spiro atoms. The fraction of sp³-hybridized carbons (Fsp3) is 0.652. The van der Waals surface area contributed by atoms with Gasteiger partial charge in [-0.15, -0.1) is 11.3 Å². The lowest BCUT2D eigenvalue weighted by Crippen LogP contribution is -2.50. The summed E-state index contributed by atoms with van der Waals surface area (Å²) in [5, 5.41) is 24.0. The fourth-order valence-electron chi connectivity index (χ4n) is 5.14. The van der Waals surface area contributed by atoms with Crippen molar-refractivity contribution in [2.45, 2.75) is 69.8 Å². The van der Waals surface area contributed by atoms with Crippen molar-refractivity contribution < 1.29 is 32.9 Å². The third-order valence-corrected chi connectivity index (χ3v) is 8.39. The molecule has 2 N–H and O–H groups in total. The van der Waals surface area contributed by atoms with Crippen LogP contribution in [0.25, 0.3) is 0 Å². The van der Waals surface area contributed by atoms with E-state index in [1.165, 1.54) is 9.58 Å². The SMILES string of the molecule is C[C@H]1C[C@@]2(CCN1Cc1cnn(C[C@@H](O)C(=O)N(C)C)c1)OCCc1c2sc(C(F)(F)F)c1CO. The first-order valence-corrected chi connectivity index (χ1v) is 12.4. The van der Waals surface area contributed by atoms with Crippen molar-refractivity contribution in [1.29, 1.82) is 0 Å². The highest BCUT2D eigenvalue weighted by Crippen LogP contribution is 2.51. The smallest absolute Gasteiger partial charge is 0.392 e. The number of fused-ring (bicyclic) bond motifs is 2. The quantitative estimate of drug-likeness (QED) is 0.613. The second kappa shape index (κ2) is 9.81. The Kier molecular flexibility index (Phi) is 7.31. The first-order chi connectivity index (χ1) is 16.4. The first kappa shape index (κ1) is 26.1. The van der Waals surface area contributed by atoms with Crippen LogP contribution in [0.5, 0.6) is 0 Å². The van der Waals surface area contributed by atoms with Crippen molar-refractivity contribution in [2.75, 3.05) is 27.2 Å². The largest absolute Gasteiger partial charge is 0.425 e. The molecule has 2 aliphatic rings. The van der Waals surface area contributed by atoms with Gasteiger partial charge in [0.15, 0.2) is 6.10 Å². The van der Waals surface area contributed by atoms with Crippen molar-refractivity contribution in [1.82, 2.24) is 19.6 Å². The van der Waals surface area contributed by atoms with Gasteiger partial charge in [0.2, 0.25) is 0 Å². The van der Waals surface area contributed by atoms with Crippen molar-refractivity contribution in [3.8, 4) is 0 Å². The summed E-state index contributed by atoms with van der Waals surface area (Å²) >= 11 is 0.723. The zero-order chi connectivity index (χ0) is 25.5. The number of ether oxygens (including phenoxy) is 1. The second-order valence-electron chi connectivity index (χ2n) is 9.56. The van der Waals surface area contributed by atoms with Gasteiger partial charge in [-0.2, -0.15) is 18.3 Å². The minimum atomic E-state index is -4.50. The number of hydrogen-bond donors (Lipinski definition) is 2. The number of likely N-dealkylation sites (tertiary alicyclic amines) is 1. The van der Waals surface area contributed by atoms with Gasteiger partial charge < -0.3 is 19.8 Å². The minimum absolute atomic E-state index is 0.00222. The van der Waals surface area contributed by atoms with E-state index < -0.39 is 35.3 Å². The molecule has 1 saturated heterocycles. The Morgan fingerprint density at radius 1 is 1.43 bits per heavy atom. The number of piperidine rings is 1. The fourth-order valence-corrected chi connectivity index (χ4v) is 6.55. The number of alkyl halides is 3. The monoisotopic (exact) mass is 516 g/mol. The van der Waals surface area contributed by atoms with Crippen LogP contribution in [0, 0.1) is 0 Å². The maximum absolute atomic E-state index is 13.6. The van der Waals surface area contributed by atoms with Gasteiger partial charge in [0.05, 0.1) is 26.0 Å². The van der Waals surface area contributed by atoms with Gasteiger partial charge in [-0.3, -0.25) is 14.4 Å². The maximum atomic E-state index is 13.6. The van der Waals surface area contributed by atoms with Gasteiger partial charge >= 0.3 is 6.18 Å². The van der Waals surface area contributed by atoms with E-state index in [1.807, 2.05) is 6.92 Å². The molecular weight excluding hydrogens is 485 g/mol. The topological polar surface area (TPSA) is 91.1 Å². The molecule has 35 heavy (non-hydrogen) atoms. The molecule has 2 aliphatic heterocycles. The number of nitrogens with zero attached hydrogens (tertiary/aromatic N) is 4. The molecule has 0 radical (unpaired) electrons. The Morgan fingerprint density at radius 2 is 2.17 bits per heavy atom. The number of aliphatic hydroxyl groups is 2. The molecule has 0 saturated carbocycles. The van der Waals surface area contributed by atoms with E-state index in [-0.39, 0.29) is 18.2 Å². The standard InChI is InChI=1S/C23H31F3N4O4S/c1-14-8-22(19-16(4-7-34-22)17(13-31)20(35-19)23(24,25)26)5-6-29(14)10-15-9-27-30(11-15)12-18(32)21(33)28(2)3/h9,11,14,18,31-32H,4-8,10,12-13H2,1-3H3/t14-,18+,22+/m0/s1. The summed E-state index contributed by atoms with van der Waals surface area (Å²) in [6, 6.07) is 0.0352. The highest BCUT2D eigenvalue weighted by molar-refractivity contribution is 7.12. The van der Waals surface area contributed by atoms with Gasteiger partial charge in [-0.1, -0.05) is 0 Å². The summed E-state index contributed by atoms with van der Waals surface area (Å²) in [4.78, 5) is 15.3. The third-order valence-electron chi connectivity index (χ3n) is 6.89. The molecule has 2 aromatic rings. The number of carbonyl (C=O) groups excluding carboxylic acids is 1. The van der Waals surface area contributed by atoms with Gasteiger partial charge in [0, 0.05) is 55.4 Å². The molecule has 1 amide bonds. The van der Waals surface area contributed by atoms with Crippen LogP contribution in [-0.4, -0.2) is 75.1 Å². The zero-order valence-corrected chi connectivity index (χ0v) is 20.8. The number of hydrogen-bond acceptors (Lipinski definition) is 7. The zero-order valence-electron chi connectivity index (χ0n) is 20.0. The maximum Gasteiger partial charge on any atom is 0.425 e. The Balaban J connectivity index is 1.46. The molecule has 0 unspecified atom stereocenters. The minimum Gasteiger partial charge on any atom is -0.392 e. The van der Waals surface area contributed by atoms with Crippen LogP contribution in [0.1, 0.15) is 46.2 Å². The van der Waals surface area contributed by atoms with E-state index in [0.29, 0.717) is 49.4 Å². The number of aromatic nitrogens is 2. The summed E-state index contributed by atoms with van der Waals surface area (Å²) in [7, 11) is 3.16. The first-order valence-electron chi connectivity index (χ1n) is 11.6. The van der Waals surface area contributed by atoms with E-state index in [1.54, 1.807) is 26.5 Å². The average molecular weight is 517 g/mol. The van der Waals surface area contributed by atoms with Crippen molar-refractivity contribution in [3.05, 3.63) is 38.8 Å². The predicted octanol–water partition coefficient (Wildman–Crippen LogP) is 2.36. The lowest BCUT2D eigenvalue weighted by Gasteiger charge is -2.47. The van der Waals surface area contributed by atoms with E-state index in [4.69, 9.17) is 4.74 Å². The molecule has 4 heterocycles. The van der Waals surface area contributed by atoms with Crippen LogP contribution in [-0.2, 0) is 47.4 Å². The Bertz CT molecular complexity index is 1070. The van der Waals surface area contributed by atoms with Gasteiger partial charge in [-0.25, -0.2) is 0 Å². The lowest BCUT2D eigenvalue weighted by molar-refractivity contribution is -0.138. The summed E-state index contributed by atoms with van der Waals surface area (Å²) in [5.74, 6) is -0.393. The van der Waals surface area contributed by atoms with Crippen LogP contribution in [0.3, 0.4) is 0 Å². The molecule has 2 aromatic heterocycles. The molecule has 1 fully saturated rings. The third kappa shape index (κ3) is 5.12. The van der Waals surface area contributed by atoms with Crippen LogP contribution in [0.4, 0.5) is 13.2 Å². The molecule has 0 aliphatic carbocycles. The number of rotatable bonds is 6. The van der Waals surface area contributed by atoms with Crippen LogP contribution >= 0.6 is 11.3 Å². The summed E-state index contributed by atoms with van der Waals surface area (Å²) in [6.45, 7) is 3.01. The molecule has 0 aromatic carbocycles. The predicted molar refractivity (Wildman–Crippen MR) is 123 cm³/mol. The van der Waals surface area contributed by atoms with E-state index in [9.17, 15) is 28.2 Å². The molecule has 0 bridgehead atoms. The van der Waals surface area contributed by atoms with Crippen LogP contribution in [0.15, 0.2) is 12.4 Å². The Hall–Kier alpha value is -1.99. The number of likely N-dealkylation sites (N-methyl/N-ethyl adjacent to an activating group) is 1. The van der Waals surface area contributed by atoms with Crippen LogP contribution < -0.4 is 0 Å². The number of aliphatic hydroxyl groups excluding tert-OH is 2. The molecule has 3 atom stereocenters. The Morgan fingerprint density at radius 3 is 2.80 bits per heavy atom. The molecule has 12 heteroatoms. The number of amides is 1. The lowest BCUT2D eigenvalue weighted by atomic mass is 9.81. The second-order valence-corrected chi connectivity index (χ2v) is 10.6. The van der Waals surface area contributed by atoms with Gasteiger partial charge in [0.25, 0.3) is 5.91 Å². The summed E-state index contributed by atoms with van der Waals surface area (Å²) in [5.41, 5.74) is 0.740. The van der Waals surface area contributed by atoms with E-state index in [0.717, 1.165) is 16.9 Å². The molecule has 194 valence electrons. The highest BCUT2D eigenvalue weighted by atomic mass is 32.1. The molecule has 4 rings (SSSR count). The Labute approximate surface area is 205 Å². The van der Waals surface area contributed by atoms with E-state index in [2.05, 4.69) is 10.00 Å². The van der Waals surface area contributed by atoms with Crippen molar-refractivity contribution in [3.63, 3.8) is 0 Å². The number of thiophene rings is 1. The average Bonchev–Trinajstić information content (AvgIpc) is 3.40. The van der Waals surface area contributed by atoms with Crippen LogP contribution in [0.2, 0.25) is 0 Å². The van der Waals surface area contributed by atoms with E-state index >= 15 is 0 Å². The normalized spacial score (nSPS) is 23.9. The van der Waals surface area contributed by atoms with Gasteiger partial charge in [0.1, 0.15) is 10.5 Å². The van der Waals surface area contributed by atoms with Crippen molar-refractivity contribution in [2.24, 2.45) is 0 Å². The highest BCUT2D eigenvalue weighted by Gasteiger charge is 2.48. The summed E-state index contributed by atoms with van der Waals surface area (Å²) in [6.07, 6.45) is -0.718. The van der Waals surface area contributed by atoms with Crippen molar-refractivity contribution >= 4 is 17.2 Å².